The lowest BCUT2D eigenvalue weighted by molar-refractivity contribution is 0.669. The van der Waals surface area contributed by atoms with E-state index in [1.807, 2.05) is 23.5 Å². The molecule has 0 aliphatic rings. The average Bonchev–Trinajstić information content (AvgIpc) is 3.76. The van der Waals surface area contributed by atoms with Crippen LogP contribution in [0.3, 0.4) is 0 Å². The van der Waals surface area contributed by atoms with Crippen LogP contribution >= 0.6 is 11.3 Å². The number of thiophene rings is 1. The Morgan fingerprint density at radius 1 is 0.409 bits per heavy atom. The molecule has 0 aliphatic heterocycles. The van der Waals surface area contributed by atoms with Gasteiger partial charge in [-0.25, -0.2) is 0 Å². The van der Waals surface area contributed by atoms with Crippen molar-refractivity contribution in [2.24, 2.45) is 0 Å². The van der Waals surface area contributed by atoms with Crippen LogP contribution in [0.1, 0.15) is 0 Å². The molecule has 0 radical (unpaired) electrons. The first-order chi connectivity index (χ1) is 21.8. The molecule has 44 heavy (non-hydrogen) atoms. The zero-order chi connectivity index (χ0) is 28.8. The van der Waals surface area contributed by atoms with E-state index in [2.05, 4.69) is 132 Å². The fraction of sp³-hybridized carbons (Fsp3) is 0. The summed E-state index contributed by atoms with van der Waals surface area (Å²) in [6, 6.07) is 49.4. The van der Waals surface area contributed by atoms with Crippen molar-refractivity contribution in [3.63, 3.8) is 0 Å². The average molecular weight is 582 g/mol. The number of hydrogen-bond donors (Lipinski definition) is 0. The molecule has 3 aromatic heterocycles. The van der Waals surface area contributed by atoms with Crippen molar-refractivity contribution >= 4 is 103 Å². The molecule has 0 unspecified atom stereocenters. The second-order valence-corrected chi connectivity index (χ2v) is 12.4. The lowest BCUT2D eigenvalue weighted by Gasteiger charge is -2.25. The minimum absolute atomic E-state index is 0.868. The van der Waals surface area contributed by atoms with Crippen LogP contribution in [0.5, 0.6) is 0 Å². The Bertz CT molecular complexity index is 2750. The Morgan fingerprint density at radius 3 is 2.05 bits per heavy atom. The van der Waals surface area contributed by atoms with E-state index in [-0.39, 0.29) is 0 Å². The van der Waals surface area contributed by atoms with Crippen LogP contribution in [0, 0.1) is 0 Å². The van der Waals surface area contributed by atoms with Gasteiger partial charge in [0.25, 0.3) is 0 Å². The summed E-state index contributed by atoms with van der Waals surface area (Å²) in [5, 5.41) is 9.29. The minimum atomic E-state index is 0.868. The molecule has 3 nitrogen and oxygen atoms in total. The molecule has 3 heterocycles. The summed E-state index contributed by atoms with van der Waals surface area (Å²) in [6.07, 6.45) is 0. The van der Waals surface area contributed by atoms with Gasteiger partial charge < -0.3 is 13.7 Å². The zero-order valence-corrected chi connectivity index (χ0v) is 24.3. The molecule has 0 atom stereocenters. The van der Waals surface area contributed by atoms with E-state index in [9.17, 15) is 0 Å². The van der Waals surface area contributed by atoms with Crippen LogP contribution in [0.2, 0.25) is 0 Å². The molecule has 0 amide bonds. The summed E-state index contributed by atoms with van der Waals surface area (Å²) in [7, 11) is 0. The largest absolute Gasteiger partial charge is 0.456 e. The molecule has 0 spiro atoms. The molecular weight excluding hydrogens is 559 g/mol. The van der Waals surface area contributed by atoms with Gasteiger partial charge in [-0.15, -0.1) is 11.3 Å². The standard InChI is InChI=1S/C40H23NO2S/c1-2-9-27-24(8-1)16-19-32-31-12-7-13-34(40(31)43-39(27)32)41(25-18-21-36-33(22-25)28-10-3-5-14-35(28)42-36)26-17-20-30-29-11-4-6-15-37(29)44-38(30)23-26/h1-23H. The molecule has 0 bridgehead atoms. The number of anilines is 3. The number of para-hydroxylation sites is 2. The molecule has 0 aliphatic carbocycles. The van der Waals surface area contributed by atoms with E-state index in [0.717, 1.165) is 66.3 Å². The fourth-order valence-electron chi connectivity index (χ4n) is 6.82. The van der Waals surface area contributed by atoms with Crippen LogP contribution in [0.25, 0.3) is 74.8 Å². The summed E-state index contributed by atoms with van der Waals surface area (Å²) in [6.45, 7) is 0. The molecule has 4 heteroatoms. The molecule has 7 aromatic carbocycles. The summed E-state index contributed by atoms with van der Waals surface area (Å²) in [5.74, 6) is 0. The van der Waals surface area contributed by atoms with E-state index in [1.54, 1.807) is 0 Å². The third-order valence-corrected chi connectivity index (χ3v) is 9.98. The molecule has 0 saturated carbocycles. The predicted molar refractivity (Wildman–Crippen MR) is 186 cm³/mol. The third-order valence-electron chi connectivity index (χ3n) is 8.85. The number of fused-ring (bicyclic) bond motifs is 11. The topological polar surface area (TPSA) is 29.5 Å². The Kier molecular flexibility index (Phi) is 4.87. The summed E-state index contributed by atoms with van der Waals surface area (Å²) in [4.78, 5) is 2.33. The van der Waals surface area contributed by atoms with E-state index in [4.69, 9.17) is 8.83 Å². The van der Waals surface area contributed by atoms with Gasteiger partial charge in [0.1, 0.15) is 16.7 Å². The molecule has 0 N–H and O–H groups in total. The quantitative estimate of drug-likeness (QED) is 0.208. The van der Waals surface area contributed by atoms with Gasteiger partial charge in [0, 0.05) is 58.5 Å². The Labute approximate surface area is 255 Å². The monoisotopic (exact) mass is 581 g/mol. The Hall–Kier alpha value is -5.58. The highest BCUT2D eigenvalue weighted by atomic mass is 32.1. The lowest BCUT2D eigenvalue weighted by Crippen LogP contribution is -2.10. The molecule has 0 saturated heterocycles. The Balaban J connectivity index is 1.28. The predicted octanol–water partition coefficient (Wildman–Crippen LogP) is 12.5. The number of nitrogens with zero attached hydrogens (tertiary/aromatic N) is 1. The summed E-state index contributed by atoms with van der Waals surface area (Å²) < 4.78 is 15.6. The highest BCUT2D eigenvalue weighted by Gasteiger charge is 2.22. The second-order valence-electron chi connectivity index (χ2n) is 11.3. The van der Waals surface area contributed by atoms with Crippen molar-refractivity contribution in [1.29, 1.82) is 0 Å². The van der Waals surface area contributed by atoms with Gasteiger partial charge in [-0.05, 0) is 60.0 Å². The van der Waals surface area contributed by atoms with E-state index in [1.165, 1.54) is 25.6 Å². The zero-order valence-electron chi connectivity index (χ0n) is 23.5. The van der Waals surface area contributed by atoms with Crippen LogP contribution in [-0.2, 0) is 0 Å². The van der Waals surface area contributed by atoms with Crippen molar-refractivity contribution in [3.8, 4) is 0 Å². The number of furan rings is 2. The van der Waals surface area contributed by atoms with Crippen molar-refractivity contribution < 1.29 is 8.83 Å². The first-order valence-electron chi connectivity index (χ1n) is 14.8. The van der Waals surface area contributed by atoms with E-state index >= 15 is 0 Å². The van der Waals surface area contributed by atoms with Crippen molar-refractivity contribution in [1.82, 2.24) is 0 Å². The van der Waals surface area contributed by atoms with Gasteiger partial charge in [-0.1, -0.05) is 84.9 Å². The molecule has 0 fully saturated rings. The first kappa shape index (κ1) is 23.9. The van der Waals surface area contributed by atoms with E-state index in [0.29, 0.717) is 0 Å². The maximum atomic E-state index is 6.84. The van der Waals surface area contributed by atoms with Crippen molar-refractivity contribution in [3.05, 3.63) is 140 Å². The smallest absolute Gasteiger partial charge is 0.159 e. The van der Waals surface area contributed by atoms with Gasteiger partial charge in [0.05, 0.1) is 5.69 Å². The molecule has 10 aromatic rings. The van der Waals surface area contributed by atoms with E-state index < -0.39 is 0 Å². The lowest BCUT2D eigenvalue weighted by atomic mass is 10.0. The Morgan fingerprint density at radius 2 is 1.09 bits per heavy atom. The normalized spacial score (nSPS) is 12.1. The minimum Gasteiger partial charge on any atom is -0.456 e. The van der Waals surface area contributed by atoms with Gasteiger partial charge in [-0.3, -0.25) is 0 Å². The number of hydrogen-bond acceptors (Lipinski definition) is 4. The van der Waals surface area contributed by atoms with Gasteiger partial charge in [-0.2, -0.15) is 0 Å². The van der Waals surface area contributed by atoms with Crippen LogP contribution in [0.15, 0.2) is 148 Å². The number of benzene rings is 7. The first-order valence-corrected chi connectivity index (χ1v) is 15.6. The third kappa shape index (κ3) is 3.37. The highest BCUT2D eigenvalue weighted by molar-refractivity contribution is 7.25. The van der Waals surface area contributed by atoms with Gasteiger partial charge >= 0.3 is 0 Å². The molecular formula is C40H23NO2S. The molecule has 206 valence electrons. The van der Waals surface area contributed by atoms with Crippen LogP contribution in [0.4, 0.5) is 17.1 Å². The number of rotatable bonds is 3. The van der Waals surface area contributed by atoms with Gasteiger partial charge in [0.2, 0.25) is 0 Å². The fourth-order valence-corrected chi connectivity index (χ4v) is 7.96. The summed E-state index contributed by atoms with van der Waals surface area (Å²) in [5.41, 5.74) is 6.67. The summed E-state index contributed by atoms with van der Waals surface area (Å²) >= 11 is 1.83. The highest BCUT2D eigenvalue weighted by Crippen LogP contribution is 2.46. The maximum absolute atomic E-state index is 6.84. The van der Waals surface area contributed by atoms with Crippen LogP contribution < -0.4 is 4.90 Å². The maximum Gasteiger partial charge on any atom is 0.159 e. The van der Waals surface area contributed by atoms with Crippen molar-refractivity contribution in [2.75, 3.05) is 4.90 Å². The van der Waals surface area contributed by atoms with Crippen LogP contribution in [-0.4, -0.2) is 0 Å². The molecule has 10 rings (SSSR count). The van der Waals surface area contributed by atoms with Crippen molar-refractivity contribution in [2.45, 2.75) is 0 Å². The van der Waals surface area contributed by atoms with Gasteiger partial charge in [0.15, 0.2) is 5.58 Å². The SMILES string of the molecule is c1ccc2c(c1)ccc1c3cccc(N(c4ccc5c(c4)sc4ccccc45)c4ccc5oc6ccccc6c5c4)c3oc21. The second kappa shape index (κ2) is 8.96.